The van der Waals surface area contributed by atoms with E-state index in [1.54, 1.807) is 37.4 Å². The first kappa shape index (κ1) is 20.2. The fraction of sp³-hybridized carbons (Fsp3) is 0.125. The van der Waals surface area contributed by atoms with Crippen molar-refractivity contribution >= 4 is 23.2 Å². The first-order valence-electron chi connectivity index (χ1n) is 9.67. The Labute approximate surface area is 179 Å². The summed E-state index contributed by atoms with van der Waals surface area (Å²) in [5.74, 6) is 0.235. The zero-order chi connectivity index (χ0) is 21.8. The lowest BCUT2D eigenvalue weighted by molar-refractivity contribution is -0.117. The van der Waals surface area contributed by atoms with Crippen LogP contribution in [0.3, 0.4) is 0 Å². The van der Waals surface area contributed by atoms with Crippen molar-refractivity contribution in [3.63, 3.8) is 0 Å². The van der Waals surface area contributed by atoms with Gasteiger partial charge in [-0.15, -0.1) is 0 Å². The molecule has 1 unspecified atom stereocenters. The summed E-state index contributed by atoms with van der Waals surface area (Å²) in [6.45, 7) is 0. The molecule has 0 saturated heterocycles. The average molecular weight is 415 g/mol. The summed E-state index contributed by atoms with van der Waals surface area (Å²) in [5.41, 5.74) is 3.08. The minimum atomic E-state index is -1.12. The fourth-order valence-electron chi connectivity index (χ4n) is 3.37. The quantitative estimate of drug-likeness (QED) is 0.670. The number of benzodiazepines with no additional fused rings is 1. The van der Waals surface area contributed by atoms with Crippen LogP contribution >= 0.6 is 0 Å². The molecule has 1 aliphatic rings. The minimum Gasteiger partial charge on any atom is -0.497 e. The van der Waals surface area contributed by atoms with Crippen LogP contribution in [0.25, 0.3) is 0 Å². The number of nitrogens with one attached hydrogen (secondary N) is 2. The van der Waals surface area contributed by atoms with E-state index in [1.165, 1.54) is 7.11 Å². The first-order chi connectivity index (χ1) is 15.1. The van der Waals surface area contributed by atoms with E-state index in [-0.39, 0.29) is 0 Å². The number of carbonyl (C=O) groups is 2. The van der Waals surface area contributed by atoms with Crippen LogP contribution in [0.2, 0.25) is 0 Å². The van der Waals surface area contributed by atoms with Gasteiger partial charge in [-0.25, -0.2) is 4.99 Å². The highest BCUT2D eigenvalue weighted by atomic mass is 16.5. The van der Waals surface area contributed by atoms with Crippen molar-refractivity contribution in [2.75, 3.05) is 19.5 Å². The summed E-state index contributed by atoms with van der Waals surface area (Å²) >= 11 is 0. The van der Waals surface area contributed by atoms with Crippen LogP contribution in [0.4, 0.5) is 5.69 Å². The van der Waals surface area contributed by atoms with Gasteiger partial charge in [-0.3, -0.25) is 9.59 Å². The molecule has 0 fully saturated rings. The minimum absolute atomic E-state index is 0.320. The third kappa shape index (κ3) is 4.11. The number of fused-ring (bicyclic) bond motifs is 1. The molecule has 0 radical (unpaired) electrons. The van der Waals surface area contributed by atoms with Crippen LogP contribution in [0.15, 0.2) is 77.8 Å². The maximum absolute atomic E-state index is 12.9. The summed E-state index contributed by atoms with van der Waals surface area (Å²) in [5, 5.41) is 5.57. The van der Waals surface area contributed by atoms with Crippen molar-refractivity contribution in [3.8, 4) is 11.5 Å². The maximum Gasteiger partial charge on any atom is 0.269 e. The number of amides is 2. The molecule has 1 atom stereocenters. The number of carbonyl (C=O) groups excluding carboxylic acids is 2. The van der Waals surface area contributed by atoms with E-state index in [0.29, 0.717) is 28.5 Å². The summed E-state index contributed by atoms with van der Waals surface area (Å²) in [6.07, 6.45) is -1.12. The Balaban J connectivity index is 1.74. The third-order valence-corrected chi connectivity index (χ3v) is 4.93. The number of rotatable bonds is 5. The summed E-state index contributed by atoms with van der Waals surface area (Å²) in [4.78, 5) is 30.4. The Morgan fingerprint density at radius 2 is 1.65 bits per heavy atom. The number of methoxy groups -OCH3 is 2. The molecule has 0 aliphatic carbocycles. The SMILES string of the molecule is COc1ccc(C2=NC(NC(=O)c3ccccc3OC)C(=O)Nc3ccccc32)cc1. The lowest BCUT2D eigenvalue weighted by Gasteiger charge is -2.15. The van der Waals surface area contributed by atoms with Gasteiger partial charge in [0.2, 0.25) is 6.17 Å². The number of aliphatic imine (C=N–C) groups is 1. The summed E-state index contributed by atoms with van der Waals surface area (Å²) in [6, 6.07) is 21.6. The van der Waals surface area contributed by atoms with Gasteiger partial charge in [-0.2, -0.15) is 0 Å². The van der Waals surface area contributed by atoms with Crippen molar-refractivity contribution in [1.82, 2.24) is 5.32 Å². The zero-order valence-electron chi connectivity index (χ0n) is 17.1. The highest BCUT2D eigenvalue weighted by Crippen LogP contribution is 2.25. The molecule has 0 spiro atoms. The molecule has 4 rings (SSSR count). The summed E-state index contributed by atoms with van der Waals surface area (Å²) in [7, 11) is 3.08. The molecule has 7 heteroatoms. The van der Waals surface area contributed by atoms with E-state index in [1.807, 2.05) is 42.5 Å². The van der Waals surface area contributed by atoms with E-state index >= 15 is 0 Å². The lowest BCUT2D eigenvalue weighted by Crippen LogP contribution is -2.42. The van der Waals surface area contributed by atoms with Gasteiger partial charge in [0, 0.05) is 11.1 Å². The van der Waals surface area contributed by atoms with Gasteiger partial charge in [0.1, 0.15) is 11.5 Å². The Morgan fingerprint density at radius 3 is 2.39 bits per heavy atom. The molecule has 2 amide bonds. The van der Waals surface area contributed by atoms with Crippen molar-refractivity contribution in [3.05, 3.63) is 89.5 Å². The average Bonchev–Trinajstić information content (AvgIpc) is 2.95. The summed E-state index contributed by atoms with van der Waals surface area (Å²) < 4.78 is 10.5. The van der Waals surface area contributed by atoms with Crippen LogP contribution in [-0.2, 0) is 4.79 Å². The number of hydrogen-bond donors (Lipinski definition) is 2. The van der Waals surface area contributed by atoms with E-state index in [9.17, 15) is 9.59 Å². The largest absolute Gasteiger partial charge is 0.497 e. The van der Waals surface area contributed by atoms with E-state index in [4.69, 9.17) is 9.47 Å². The molecular weight excluding hydrogens is 394 g/mol. The Hall–Kier alpha value is -4.13. The normalized spacial score (nSPS) is 15.1. The second kappa shape index (κ2) is 8.71. The van der Waals surface area contributed by atoms with E-state index in [2.05, 4.69) is 15.6 Å². The predicted octanol–water partition coefficient (Wildman–Crippen LogP) is 3.25. The van der Waals surface area contributed by atoms with Gasteiger partial charge in [0.15, 0.2) is 0 Å². The molecule has 7 nitrogen and oxygen atoms in total. The zero-order valence-corrected chi connectivity index (χ0v) is 17.1. The second-order valence-electron chi connectivity index (χ2n) is 6.82. The fourth-order valence-corrected chi connectivity index (χ4v) is 3.37. The number of benzene rings is 3. The number of nitrogens with zero attached hydrogens (tertiary/aromatic N) is 1. The molecule has 0 bridgehead atoms. The van der Waals surface area contributed by atoms with Crippen molar-refractivity contribution in [2.24, 2.45) is 4.99 Å². The highest BCUT2D eigenvalue weighted by molar-refractivity contribution is 6.20. The number of para-hydroxylation sites is 2. The predicted molar refractivity (Wildman–Crippen MR) is 118 cm³/mol. The van der Waals surface area contributed by atoms with Crippen LogP contribution < -0.4 is 20.1 Å². The van der Waals surface area contributed by atoms with Crippen LogP contribution in [0.1, 0.15) is 21.5 Å². The standard InChI is InChI=1S/C24H21N3O4/c1-30-16-13-11-15(12-14-16)21-17-7-3-5-9-19(17)25-24(29)22(26-21)27-23(28)18-8-4-6-10-20(18)31-2/h3-14,22H,1-2H3,(H,25,29)(H,27,28). The topological polar surface area (TPSA) is 89.0 Å². The molecule has 156 valence electrons. The van der Waals surface area contributed by atoms with E-state index < -0.39 is 18.0 Å². The monoisotopic (exact) mass is 415 g/mol. The Kier molecular flexibility index (Phi) is 5.66. The first-order valence-corrected chi connectivity index (χ1v) is 9.67. The van der Waals surface area contributed by atoms with Gasteiger partial charge in [0.25, 0.3) is 11.8 Å². The van der Waals surface area contributed by atoms with Gasteiger partial charge < -0.3 is 20.1 Å². The molecule has 0 aromatic heterocycles. The molecular formula is C24H21N3O4. The van der Waals surface area contributed by atoms with Crippen LogP contribution in [0, 0.1) is 0 Å². The van der Waals surface area contributed by atoms with Crippen molar-refractivity contribution in [2.45, 2.75) is 6.17 Å². The molecule has 3 aromatic rings. The molecule has 3 aromatic carbocycles. The van der Waals surface area contributed by atoms with Gasteiger partial charge in [-0.05, 0) is 42.5 Å². The van der Waals surface area contributed by atoms with Crippen LogP contribution in [0.5, 0.6) is 11.5 Å². The molecule has 2 N–H and O–H groups in total. The highest BCUT2D eigenvalue weighted by Gasteiger charge is 2.28. The third-order valence-electron chi connectivity index (χ3n) is 4.93. The molecule has 31 heavy (non-hydrogen) atoms. The van der Waals surface area contributed by atoms with Crippen LogP contribution in [-0.4, -0.2) is 37.9 Å². The second-order valence-corrected chi connectivity index (χ2v) is 6.82. The number of hydrogen-bond acceptors (Lipinski definition) is 5. The maximum atomic E-state index is 12.9. The molecule has 0 saturated carbocycles. The Bertz CT molecular complexity index is 1160. The van der Waals surface area contributed by atoms with E-state index in [0.717, 1.165) is 11.1 Å². The molecule has 1 aliphatic heterocycles. The van der Waals surface area contributed by atoms with Gasteiger partial charge >= 0.3 is 0 Å². The molecule has 1 heterocycles. The Morgan fingerprint density at radius 1 is 0.935 bits per heavy atom. The number of anilines is 1. The van der Waals surface area contributed by atoms with Gasteiger partial charge in [-0.1, -0.05) is 30.3 Å². The van der Waals surface area contributed by atoms with Crippen molar-refractivity contribution < 1.29 is 19.1 Å². The van der Waals surface area contributed by atoms with Gasteiger partial charge in [0.05, 0.1) is 31.2 Å². The van der Waals surface area contributed by atoms with Crippen molar-refractivity contribution in [1.29, 1.82) is 0 Å². The smallest absolute Gasteiger partial charge is 0.269 e. The number of ether oxygens (including phenoxy) is 2. The lowest BCUT2D eigenvalue weighted by atomic mass is 10.0.